The fraction of sp³-hybridized carbons (Fsp3) is 0.217. The van der Waals surface area contributed by atoms with Gasteiger partial charge in [0.1, 0.15) is 0 Å². The first-order valence-corrected chi connectivity index (χ1v) is 10.3. The summed E-state index contributed by atoms with van der Waals surface area (Å²) >= 11 is 1.55. The molecule has 0 aliphatic heterocycles. The van der Waals surface area contributed by atoms with Crippen LogP contribution in [0.1, 0.15) is 22.9 Å². The standard InChI is InChI=1S/C23H23NO4S/c1-2-28-23(18-10-5-3-6-11-18,19-12-7-4-8-13-19)22(26)27-17-21(25)24-16-20-14-9-15-29-20/h3-15H,2,16-17H2,1H3,(H,24,25). The summed E-state index contributed by atoms with van der Waals surface area (Å²) in [6.45, 7) is 2.14. The van der Waals surface area contributed by atoms with Crippen molar-refractivity contribution in [3.8, 4) is 0 Å². The maximum absolute atomic E-state index is 13.3. The first-order valence-electron chi connectivity index (χ1n) is 9.38. The van der Waals surface area contributed by atoms with E-state index in [9.17, 15) is 9.59 Å². The van der Waals surface area contributed by atoms with E-state index >= 15 is 0 Å². The second-order valence-corrected chi connectivity index (χ2v) is 7.31. The summed E-state index contributed by atoms with van der Waals surface area (Å²) in [4.78, 5) is 26.5. The van der Waals surface area contributed by atoms with Crippen LogP contribution in [0, 0.1) is 0 Å². The molecule has 0 aliphatic rings. The Hall–Kier alpha value is -2.96. The average molecular weight is 410 g/mol. The van der Waals surface area contributed by atoms with Gasteiger partial charge in [-0.15, -0.1) is 11.3 Å². The van der Waals surface area contributed by atoms with Crippen LogP contribution in [0.4, 0.5) is 0 Å². The van der Waals surface area contributed by atoms with E-state index in [4.69, 9.17) is 9.47 Å². The van der Waals surface area contributed by atoms with Crippen molar-refractivity contribution in [1.82, 2.24) is 5.32 Å². The van der Waals surface area contributed by atoms with E-state index in [1.165, 1.54) is 0 Å². The molecule has 1 amide bonds. The number of ether oxygens (including phenoxy) is 2. The third kappa shape index (κ3) is 4.91. The van der Waals surface area contributed by atoms with Gasteiger partial charge in [0.05, 0.1) is 6.54 Å². The van der Waals surface area contributed by atoms with Gasteiger partial charge < -0.3 is 14.8 Å². The van der Waals surface area contributed by atoms with E-state index in [0.717, 1.165) is 4.88 Å². The first kappa shape index (κ1) is 20.8. The molecule has 0 spiro atoms. The van der Waals surface area contributed by atoms with Crippen LogP contribution in [-0.4, -0.2) is 25.1 Å². The molecule has 1 N–H and O–H groups in total. The smallest absolute Gasteiger partial charge is 0.348 e. The third-order valence-corrected chi connectivity index (χ3v) is 5.26. The quantitative estimate of drug-likeness (QED) is 0.545. The molecule has 0 aliphatic carbocycles. The zero-order chi connectivity index (χ0) is 20.5. The number of benzene rings is 2. The van der Waals surface area contributed by atoms with Crippen molar-refractivity contribution in [2.75, 3.05) is 13.2 Å². The summed E-state index contributed by atoms with van der Waals surface area (Å²) in [6, 6.07) is 22.2. The fourth-order valence-corrected chi connectivity index (χ4v) is 3.72. The number of nitrogens with one attached hydrogen (secondary N) is 1. The average Bonchev–Trinajstić information content (AvgIpc) is 3.29. The lowest BCUT2D eigenvalue weighted by molar-refractivity contribution is -0.170. The zero-order valence-corrected chi connectivity index (χ0v) is 17.0. The summed E-state index contributed by atoms with van der Waals surface area (Å²) < 4.78 is 11.4. The predicted octanol–water partition coefficient (Wildman–Crippen LogP) is 3.89. The van der Waals surface area contributed by atoms with E-state index in [-0.39, 0.29) is 12.5 Å². The second kappa shape index (κ2) is 10.0. The van der Waals surface area contributed by atoms with Crippen molar-refractivity contribution in [3.05, 3.63) is 94.2 Å². The molecule has 0 atom stereocenters. The van der Waals surface area contributed by atoms with Gasteiger partial charge in [0, 0.05) is 11.5 Å². The molecule has 1 heterocycles. The molecule has 1 aromatic heterocycles. The molecule has 0 unspecified atom stereocenters. The minimum absolute atomic E-state index is 0.295. The monoisotopic (exact) mass is 409 g/mol. The molecular weight excluding hydrogens is 386 g/mol. The first-order chi connectivity index (χ1) is 14.2. The highest BCUT2D eigenvalue weighted by atomic mass is 32.1. The third-order valence-electron chi connectivity index (χ3n) is 4.38. The van der Waals surface area contributed by atoms with Gasteiger partial charge >= 0.3 is 5.97 Å². The Bertz CT molecular complexity index is 871. The van der Waals surface area contributed by atoms with Crippen LogP contribution in [-0.2, 0) is 31.2 Å². The van der Waals surface area contributed by atoms with E-state index in [2.05, 4.69) is 5.32 Å². The summed E-state index contributed by atoms with van der Waals surface area (Å²) in [5.74, 6) is -0.985. The number of rotatable bonds is 9. The summed E-state index contributed by atoms with van der Waals surface area (Å²) in [6.07, 6.45) is 0. The van der Waals surface area contributed by atoms with Gasteiger partial charge in [0.25, 0.3) is 5.91 Å². The molecule has 5 nitrogen and oxygen atoms in total. The Kier molecular flexibility index (Phi) is 7.16. The molecule has 0 bridgehead atoms. The highest BCUT2D eigenvalue weighted by Crippen LogP contribution is 2.35. The molecule has 0 fully saturated rings. The van der Waals surface area contributed by atoms with Crippen LogP contribution in [0.2, 0.25) is 0 Å². The highest BCUT2D eigenvalue weighted by molar-refractivity contribution is 7.09. The van der Waals surface area contributed by atoms with E-state index in [1.54, 1.807) is 11.3 Å². The molecular formula is C23H23NO4S. The van der Waals surface area contributed by atoms with Crippen molar-refractivity contribution >= 4 is 23.2 Å². The molecule has 3 aromatic rings. The lowest BCUT2D eigenvalue weighted by Gasteiger charge is -2.32. The summed E-state index contributed by atoms with van der Waals surface area (Å²) in [5, 5.41) is 4.70. The van der Waals surface area contributed by atoms with Gasteiger partial charge in [-0.05, 0) is 29.5 Å². The maximum atomic E-state index is 13.3. The van der Waals surface area contributed by atoms with Gasteiger partial charge in [0.2, 0.25) is 5.60 Å². The molecule has 29 heavy (non-hydrogen) atoms. The van der Waals surface area contributed by atoms with Crippen molar-refractivity contribution in [3.63, 3.8) is 0 Å². The van der Waals surface area contributed by atoms with Gasteiger partial charge in [-0.3, -0.25) is 4.79 Å². The van der Waals surface area contributed by atoms with Crippen molar-refractivity contribution in [2.24, 2.45) is 0 Å². The molecule has 3 rings (SSSR count). The minimum atomic E-state index is -1.44. The number of esters is 1. The lowest BCUT2D eigenvalue weighted by Crippen LogP contribution is -2.43. The van der Waals surface area contributed by atoms with Crippen molar-refractivity contribution in [1.29, 1.82) is 0 Å². The SMILES string of the molecule is CCOC(C(=O)OCC(=O)NCc1cccs1)(c1ccccc1)c1ccccc1. The predicted molar refractivity (Wildman–Crippen MR) is 112 cm³/mol. The Morgan fingerprint density at radius 1 is 0.931 bits per heavy atom. The Morgan fingerprint density at radius 3 is 2.07 bits per heavy atom. The fourth-order valence-electron chi connectivity index (χ4n) is 3.07. The Labute approximate surface area is 174 Å². The van der Waals surface area contributed by atoms with Crippen molar-refractivity contribution < 1.29 is 19.1 Å². The normalized spacial score (nSPS) is 11.1. The second-order valence-electron chi connectivity index (χ2n) is 6.28. The van der Waals surface area contributed by atoms with Gasteiger partial charge in [0.15, 0.2) is 6.61 Å². The number of carbonyl (C=O) groups excluding carboxylic acids is 2. The molecule has 150 valence electrons. The van der Waals surface area contributed by atoms with Crippen LogP contribution in [0.15, 0.2) is 78.2 Å². The van der Waals surface area contributed by atoms with Crippen LogP contribution in [0.25, 0.3) is 0 Å². The van der Waals surface area contributed by atoms with E-state index < -0.39 is 11.6 Å². The lowest BCUT2D eigenvalue weighted by atomic mass is 9.86. The molecule has 0 radical (unpaired) electrons. The van der Waals surface area contributed by atoms with Crippen LogP contribution < -0.4 is 5.32 Å². The maximum Gasteiger partial charge on any atom is 0.348 e. The highest BCUT2D eigenvalue weighted by Gasteiger charge is 2.45. The van der Waals surface area contributed by atoms with Crippen LogP contribution in [0.5, 0.6) is 0 Å². The number of amides is 1. The van der Waals surface area contributed by atoms with Gasteiger partial charge in [-0.25, -0.2) is 4.79 Å². The summed E-state index contributed by atoms with van der Waals surface area (Å²) in [5.41, 5.74) is -0.139. The van der Waals surface area contributed by atoms with Crippen LogP contribution in [0.3, 0.4) is 0 Å². The Balaban J connectivity index is 1.80. The molecule has 0 saturated heterocycles. The Morgan fingerprint density at radius 2 is 1.55 bits per heavy atom. The van der Waals surface area contributed by atoms with Gasteiger partial charge in [-0.2, -0.15) is 0 Å². The van der Waals surface area contributed by atoms with Gasteiger partial charge in [-0.1, -0.05) is 66.7 Å². The number of hydrogen-bond donors (Lipinski definition) is 1. The topological polar surface area (TPSA) is 64.6 Å². The minimum Gasteiger partial charge on any atom is -0.453 e. The largest absolute Gasteiger partial charge is 0.453 e. The van der Waals surface area contributed by atoms with E-state index in [0.29, 0.717) is 24.3 Å². The summed E-state index contributed by atoms with van der Waals surface area (Å²) in [7, 11) is 0. The number of thiophene rings is 1. The van der Waals surface area contributed by atoms with Crippen molar-refractivity contribution in [2.45, 2.75) is 19.1 Å². The molecule has 0 saturated carbocycles. The van der Waals surface area contributed by atoms with E-state index in [1.807, 2.05) is 85.1 Å². The number of carbonyl (C=O) groups is 2. The number of hydrogen-bond acceptors (Lipinski definition) is 5. The zero-order valence-electron chi connectivity index (χ0n) is 16.2. The molecule has 2 aromatic carbocycles. The van der Waals surface area contributed by atoms with Crippen LogP contribution >= 0.6 is 11.3 Å². The molecule has 6 heteroatoms.